The Bertz CT molecular complexity index is 2060. The Morgan fingerprint density at radius 2 is 0.857 bits per heavy atom. The minimum atomic E-state index is -6.11. The quantitative estimate of drug-likeness (QED) is 0.0230. The fourth-order valence-electron chi connectivity index (χ4n) is 6.03. The number of benzene rings is 4. The van der Waals surface area contributed by atoms with E-state index in [1.807, 2.05) is 38.1 Å². The maximum absolute atomic E-state index is 14.1. The third-order valence-electron chi connectivity index (χ3n) is 10.5. The van der Waals surface area contributed by atoms with Gasteiger partial charge in [-0.1, -0.05) is 237 Å². The molecule has 0 radical (unpaired) electrons. The van der Waals surface area contributed by atoms with Crippen LogP contribution in [0.25, 0.3) is 11.1 Å². The molecule has 0 aliphatic heterocycles. The van der Waals surface area contributed by atoms with E-state index in [4.69, 9.17) is 10.0 Å². The van der Waals surface area contributed by atoms with Gasteiger partial charge in [0.25, 0.3) is 12.9 Å². The van der Waals surface area contributed by atoms with Crippen LogP contribution in [0.1, 0.15) is 218 Å². The first-order valence-corrected chi connectivity index (χ1v) is 27.0. The van der Waals surface area contributed by atoms with Crippen LogP contribution in [-0.2, 0) is 10.1 Å². The Morgan fingerprint density at radius 1 is 0.519 bits per heavy atom. The third-order valence-corrected chi connectivity index (χ3v) is 11.5. The number of halogens is 9. The Hall–Kier alpha value is -0.405. The second-order valence-corrected chi connectivity index (χ2v) is 18.8. The van der Waals surface area contributed by atoms with Crippen LogP contribution in [0, 0.1) is 53.2 Å². The van der Waals surface area contributed by atoms with Crippen molar-refractivity contribution in [3.63, 3.8) is 0 Å². The molecule has 0 fully saturated rings. The van der Waals surface area contributed by atoms with Crippen molar-refractivity contribution in [2.75, 3.05) is 0 Å². The summed E-state index contributed by atoms with van der Waals surface area (Å²) in [6.07, 6.45) is 18.1. The third kappa shape index (κ3) is 43.0. The van der Waals surface area contributed by atoms with Gasteiger partial charge >= 0.3 is 139 Å². The first-order chi connectivity index (χ1) is 34.3. The summed E-state index contributed by atoms with van der Waals surface area (Å²) in [5, 5.41) is 17.3. The van der Waals surface area contributed by atoms with Crippen molar-refractivity contribution in [2.45, 2.75) is 218 Å². The van der Waals surface area contributed by atoms with Crippen LogP contribution in [0.3, 0.4) is 0 Å². The van der Waals surface area contributed by atoms with Crippen molar-refractivity contribution in [3.8, 4) is 16.9 Å². The van der Waals surface area contributed by atoms with E-state index in [1.165, 1.54) is 116 Å². The fraction of sp³-hybridized carbons (Fsp3) is 0.559. The van der Waals surface area contributed by atoms with Gasteiger partial charge in [0.15, 0.2) is 11.6 Å². The Labute approximate surface area is 560 Å². The summed E-state index contributed by atoms with van der Waals surface area (Å²) in [7, 11) is -7.46. The van der Waals surface area contributed by atoms with Gasteiger partial charge in [0.05, 0.1) is 11.1 Å². The predicted molar refractivity (Wildman–Crippen MR) is 300 cm³/mol. The topological polar surface area (TPSA) is 83.8 Å². The molecule has 18 heteroatoms. The zero-order chi connectivity index (χ0) is 56.6. The van der Waals surface area contributed by atoms with E-state index in [0.29, 0.717) is 17.1 Å². The maximum atomic E-state index is 14.1. The summed E-state index contributed by atoms with van der Waals surface area (Å²) in [6.45, 7) is 27.3. The first-order valence-electron chi connectivity index (χ1n) is 25.6. The summed E-state index contributed by atoms with van der Waals surface area (Å²) >= 11 is 0. The van der Waals surface area contributed by atoms with E-state index >= 15 is 0 Å². The second-order valence-electron chi connectivity index (χ2n) is 17.2. The minimum absolute atomic E-state index is 0. The minimum Gasteiger partial charge on any atom is -0.423 e. The van der Waals surface area contributed by atoms with Gasteiger partial charge in [-0.3, -0.25) is 0 Å². The smallest absolute Gasteiger partial charge is 0.423 e. The average Bonchev–Trinajstić information content (AvgIpc) is 3.32. The maximum Gasteiger partial charge on any atom is 1.00 e. The molecule has 4 aromatic carbocycles. The molecule has 4 rings (SSSR count). The summed E-state index contributed by atoms with van der Waals surface area (Å²) in [5.74, 6) is -4.10. The SMILES string of the molecule is C.C.CCCCCC.CCCCCCCC.Cc1ccc(-c2ccc(C)c(C(F)F)c2F)cc1.Cc1ccc(B(O)O)cc1.Cc1ccc(OS(=O)(=O)C(F)(F)F)c(F)c1C(F)F.[CH2-]CCCC.[CH2-]CCCCCC.[Rb+].[Rb+]. The molecule has 0 atom stereocenters. The molecule has 0 amide bonds. The molecule has 0 saturated carbocycles. The normalized spacial score (nSPS) is 10.1. The van der Waals surface area contributed by atoms with Crippen LogP contribution in [0.5, 0.6) is 5.75 Å². The summed E-state index contributed by atoms with van der Waals surface area (Å²) in [4.78, 5) is 0. The molecule has 0 aliphatic rings. The molecular formula is C59H94BF9O5Rb2S. The summed E-state index contributed by atoms with van der Waals surface area (Å²) in [6, 6.07) is 18.6. The van der Waals surface area contributed by atoms with Crippen LogP contribution in [-0.4, -0.2) is 31.1 Å². The largest absolute Gasteiger partial charge is 1.00 e. The molecule has 77 heavy (non-hydrogen) atoms. The molecule has 0 bridgehead atoms. The zero-order valence-corrected chi connectivity index (χ0v) is 57.9. The fourth-order valence-corrected chi connectivity index (χ4v) is 6.49. The molecule has 0 saturated heterocycles. The molecule has 0 spiro atoms. The van der Waals surface area contributed by atoms with Crippen molar-refractivity contribution in [1.82, 2.24) is 0 Å². The molecule has 2 N–H and O–H groups in total. The van der Waals surface area contributed by atoms with Crippen LogP contribution in [0.4, 0.5) is 39.5 Å². The van der Waals surface area contributed by atoms with Gasteiger partial charge in [-0.25, -0.2) is 26.3 Å². The van der Waals surface area contributed by atoms with Crippen molar-refractivity contribution in [3.05, 3.63) is 132 Å². The molecule has 0 aromatic heterocycles. The van der Waals surface area contributed by atoms with Gasteiger partial charge in [0.1, 0.15) is 5.82 Å². The number of aryl methyl sites for hydroxylation is 4. The molecule has 0 unspecified atom stereocenters. The van der Waals surface area contributed by atoms with Crippen LogP contribution < -0.4 is 126 Å². The monoisotopic (exact) mass is 1270 g/mol. The summed E-state index contributed by atoms with van der Waals surface area (Å²) < 4.78 is 139. The second kappa shape index (κ2) is 54.8. The van der Waals surface area contributed by atoms with Crippen molar-refractivity contribution >= 4 is 22.7 Å². The first kappa shape index (κ1) is 90.4. The number of hydrogen-bond donors (Lipinski definition) is 2. The Morgan fingerprint density at radius 3 is 1.18 bits per heavy atom. The van der Waals surface area contributed by atoms with Gasteiger partial charge in [0.2, 0.25) is 0 Å². The van der Waals surface area contributed by atoms with Gasteiger partial charge in [0, 0.05) is 5.56 Å². The number of rotatable bonds is 20. The van der Waals surface area contributed by atoms with E-state index in [9.17, 15) is 47.9 Å². The van der Waals surface area contributed by atoms with E-state index in [2.05, 4.69) is 59.6 Å². The zero-order valence-electron chi connectivity index (χ0n) is 47.2. The number of hydrogen-bond acceptors (Lipinski definition) is 5. The van der Waals surface area contributed by atoms with Crippen LogP contribution in [0.2, 0.25) is 0 Å². The van der Waals surface area contributed by atoms with Crippen LogP contribution in [0.15, 0.2) is 72.8 Å². The number of unbranched alkanes of at least 4 members (excludes halogenated alkanes) is 14. The van der Waals surface area contributed by atoms with Crippen LogP contribution >= 0.6 is 0 Å². The van der Waals surface area contributed by atoms with E-state index in [0.717, 1.165) is 37.0 Å². The van der Waals surface area contributed by atoms with E-state index < -0.39 is 64.1 Å². The standard InChI is InChI=1S/C15H13F3.C9H6F6O3S.C8H18.C7H9BO2.C7H15.C6H14.C5H11.2CH4.2Rb/c1-9-3-6-11(7-4-9)12-8-5-10(2)13(14(12)16)15(17)18;1-4-2-3-5(7(10)6(4)8(11)12)18-19(16,17)9(13,14)15;1-3-5-7-8-6-4-2;1-6-2-4-7(5-3-6)8(9)10;1-3-5-7-6-4-2;1-3-5-6-4-2;1-3-5-4-2;;;;/h3-8,15H,1-2H3;2-3,8H,1H3;3-8H2,1-2H3;2-5,9-10H,1H3;1,3-7H2,2H3;3-6H2,1-2H3;1,3-5H2,2H3;2*1H4;;/q;;;;-1;;-1;;;2*+1. The molecule has 0 heterocycles. The van der Waals surface area contributed by atoms with E-state index in [1.54, 1.807) is 30.3 Å². The average molecular weight is 1270 g/mol. The number of alkyl halides is 7. The molecular weight excluding hydrogens is 1170 g/mol. The molecule has 5 nitrogen and oxygen atoms in total. The molecule has 4 aromatic rings. The molecule has 0 aliphatic carbocycles. The Kier molecular flexibility index (Phi) is 64.3. The van der Waals surface area contributed by atoms with Crippen molar-refractivity contribution in [2.24, 2.45) is 0 Å². The van der Waals surface area contributed by atoms with Gasteiger partial charge in [-0.2, -0.15) is 34.4 Å². The van der Waals surface area contributed by atoms with Crippen molar-refractivity contribution in [1.29, 1.82) is 0 Å². The summed E-state index contributed by atoms with van der Waals surface area (Å²) in [5.41, 5.74) is -3.95. The predicted octanol–water partition coefficient (Wildman–Crippen LogP) is 14.1. The van der Waals surface area contributed by atoms with Gasteiger partial charge < -0.3 is 28.1 Å². The van der Waals surface area contributed by atoms with Crippen molar-refractivity contribution < 1.29 is 179 Å². The van der Waals surface area contributed by atoms with E-state index in [-0.39, 0.29) is 148 Å². The Balaban J connectivity index is -0.000000156. The van der Waals surface area contributed by atoms with Gasteiger partial charge in [-0.05, 0) is 55.9 Å². The van der Waals surface area contributed by atoms with Gasteiger partial charge in [-0.15, -0.1) is 0 Å². The molecule has 434 valence electrons.